The number of hydrogen-bond donors (Lipinski definition) is 1. The molecule has 2 aromatic rings. The summed E-state index contributed by atoms with van der Waals surface area (Å²) in [6, 6.07) is 13.4. The third-order valence-electron chi connectivity index (χ3n) is 6.04. The van der Waals surface area contributed by atoms with Crippen LogP contribution in [0.25, 0.3) is 11.1 Å². The summed E-state index contributed by atoms with van der Waals surface area (Å²) in [4.78, 5) is 2.36. The molecule has 0 aromatic heterocycles. The number of methoxy groups -OCH3 is 1. The molecule has 1 fully saturated rings. The number of hydrogen-bond acceptors (Lipinski definition) is 4. The maximum absolute atomic E-state index is 5.69. The third kappa shape index (κ3) is 3.01. The first-order chi connectivity index (χ1) is 13.7. The fourth-order valence-electron chi connectivity index (χ4n) is 4.64. The van der Waals surface area contributed by atoms with Gasteiger partial charge in [0.05, 0.1) is 12.6 Å². The molecule has 28 heavy (non-hydrogen) atoms. The van der Waals surface area contributed by atoms with Crippen molar-refractivity contribution in [2.45, 2.75) is 24.8 Å². The summed E-state index contributed by atoms with van der Waals surface area (Å²) in [5.74, 6) is 2.28. The number of thiocarbonyl (C=S) groups is 1. The van der Waals surface area contributed by atoms with Crippen molar-refractivity contribution in [3.8, 4) is 22.6 Å². The Morgan fingerprint density at radius 2 is 1.96 bits per heavy atom. The highest BCUT2D eigenvalue weighted by Crippen LogP contribution is 2.50. The largest absolute Gasteiger partial charge is 0.454 e. The fraction of sp³-hybridized carbons (Fsp3) is 0.409. The minimum absolute atomic E-state index is 0.301. The molecule has 5 nitrogen and oxygen atoms in total. The Balaban J connectivity index is 1.43. The molecule has 1 unspecified atom stereocenters. The lowest BCUT2D eigenvalue weighted by atomic mass is 9.95. The van der Waals surface area contributed by atoms with Gasteiger partial charge in [-0.05, 0) is 71.4 Å². The van der Waals surface area contributed by atoms with E-state index in [4.69, 9.17) is 26.4 Å². The second-order valence-corrected chi connectivity index (χ2v) is 7.95. The molecule has 5 rings (SSSR count). The Labute approximate surface area is 170 Å². The second-order valence-electron chi connectivity index (χ2n) is 7.57. The molecule has 1 aliphatic carbocycles. The van der Waals surface area contributed by atoms with Crippen LogP contribution in [0.15, 0.2) is 36.4 Å². The van der Waals surface area contributed by atoms with E-state index in [1.165, 1.54) is 16.7 Å². The predicted octanol–water partition coefficient (Wildman–Crippen LogP) is 3.84. The van der Waals surface area contributed by atoms with Crippen molar-refractivity contribution < 1.29 is 14.2 Å². The molecule has 2 heterocycles. The molecule has 2 aliphatic heterocycles. The van der Waals surface area contributed by atoms with Crippen molar-refractivity contribution >= 4 is 17.3 Å². The van der Waals surface area contributed by atoms with Gasteiger partial charge in [-0.25, -0.2) is 0 Å². The maximum Gasteiger partial charge on any atom is 0.231 e. The highest BCUT2D eigenvalue weighted by atomic mass is 32.1. The number of nitrogens with one attached hydrogen (secondary N) is 1. The molecule has 0 spiro atoms. The van der Waals surface area contributed by atoms with Crippen LogP contribution >= 0.6 is 12.2 Å². The second kappa shape index (κ2) is 7.26. The lowest BCUT2D eigenvalue weighted by molar-refractivity contribution is 0.174. The Bertz CT molecular complexity index is 917. The van der Waals surface area contributed by atoms with Gasteiger partial charge in [-0.1, -0.05) is 18.2 Å². The fourth-order valence-corrected chi connectivity index (χ4v) is 4.96. The number of ether oxygens (including phenoxy) is 3. The molecule has 146 valence electrons. The van der Waals surface area contributed by atoms with Crippen molar-refractivity contribution in [3.05, 3.63) is 47.5 Å². The van der Waals surface area contributed by atoms with Gasteiger partial charge in [0.2, 0.25) is 6.79 Å². The molecular formula is C22H24N2O3S. The average Bonchev–Trinajstić information content (AvgIpc) is 3.30. The van der Waals surface area contributed by atoms with Crippen LogP contribution in [0, 0.1) is 0 Å². The van der Waals surface area contributed by atoms with Crippen LogP contribution in [0.1, 0.15) is 35.9 Å². The molecule has 6 heteroatoms. The van der Waals surface area contributed by atoms with Crippen LogP contribution < -0.4 is 14.8 Å². The highest BCUT2D eigenvalue weighted by Gasteiger charge is 2.39. The monoisotopic (exact) mass is 396 g/mol. The zero-order valence-electron chi connectivity index (χ0n) is 15.9. The number of fused-ring (bicyclic) bond motifs is 6. The van der Waals surface area contributed by atoms with Crippen molar-refractivity contribution in [3.63, 3.8) is 0 Å². The number of rotatable bonds is 4. The first kappa shape index (κ1) is 17.8. The van der Waals surface area contributed by atoms with Gasteiger partial charge in [-0.2, -0.15) is 0 Å². The summed E-state index contributed by atoms with van der Waals surface area (Å²) >= 11 is 5.69. The summed E-state index contributed by atoms with van der Waals surface area (Å²) < 4.78 is 16.1. The zero-order chi connectivity index (χ0) is 19.1. The Kier molecular flexibility index (Phi) is 4.61. The van der Waals surface area contributed by atoms with Gasteiger partial charge in [-0.3, -0.25) is 0 Å². The molecule has 0 radical (unpaired) electrons. The number of piperidine rings is 1. The van der Waals surface area contributed by atoms with E-state index in [0.717, 1.165) is 48.1 Å². The van der Waals surface area contributed by atoms with Crippen LogP contribution in [0.2, 0.25) is 0 Å². The summed E-state index contributed by atoms with van der Waals surface area (Å²) in [6.45, 7) is 2.70. The molecule has 2 aromatic carbocycles. The van der Waals surface area contributed by atoms with Crippen molar-refractivity contribution in [1.82, 2.24) is 10.2 Å². The average molecular weight is 397 g/mol. The minimum atomic E-state index is 0.301. The van der Waals surface area contributed by atoms with Gasteiger partial charge in [0.1, 0.15) is 0 Å². The normalized spacial score (nSPS) is 21.5. The summed E-state index contributed by atoms with van der Waals surface area (Å²) in [5.41, 5.74) is 5.26. The summed E-state index contributed by atoms with van der Waals surface area (Å²) in [6.07, 6.45) is 2.30. The molecular weight excluding hydrogens is 372 g/mol. The van der Waals surface area contributed by atoms with Crippen molar-refractivity contribution in [1.29, 1.82) is 0 Å². The quantitative estimate of drug-likeness (QED) is 0.626. The maximum atomic E-state index is 5.69. The van der Waals surface area contributed by atoms with Gasteiger partial charge in [0.25, 0.3) is 0 Å². The van der Waals surface area contributed by atoms with Crippen LogP contribution in [0.5, 0.6) is 11.5 Å². The zero-order valence-corrected chi connectivity index (χ0v) is 16.8. The predicted molar refractivity (Wildman–Crippen MR) is 112 cm³/mol. The molecule has 0 amide bonds. The van der Waals surface area contributed by atoms with E-state index in [9.17, 15) is 0 Å². The smallest absolute Gasteiger partial charge is 0.231 e. The van der Waals surface area contributed by atoms with Gasteiger partial charge in [0.15, 0.2) is 16.6 Å². The molecule has 3 aliphatic rings. The summed E-state index contributed by atoms with van der Waals surface area (Å²) in [7, 11) is 1.71. The summed E-state index contributed by atoms with van der Waals surface area (Å²) in [5, 5.41) is 4.18. The first-order valence-corrected chi connectivity index (χ1v) is 10.2. The van der Waals surface area contributed by atoms with Crippen LogP contribution in [-0.4, -0.2) is 43.6 Å². The van der Waals surface area contributed by atoms with E-state index in [1.54, 1.807) is 7.11 Å². The van der Waals surface area contributed by atoms with Crippen molar-refractivity contribution in [2.24, 2.45) is 0 Å². The van der Waals surface area contributed by atoms with E-state index in [2.05, 4.69) is 40.5 Å². The highest BCUT2D eigenvalue weighted by molar-refractivity contribution is 7.80. The van der Waals surface area contributed by atoms with Gasteiger partial charge < -0.3 is 24.4 Å². The molecule has 2 bridgehead atoms. The van der Waals surface area contributed by atoms with E-state index in [-0.39, 0.29) is 0 Å². The standard InChI is InChI=1S/C22H24N2O3S/c1-25-9-7-23-22(28)24-8-6-16-11-19(24)18-10-14(2-4-17(16)18)15-3-5-20-21(12-15)27-13-26-20/h2-5,10,12,16,19H,6-9,11,13H2,1H3,(H,23,28)/t16-,19?/m1/s1. The Hall–Kier alpha value is -2.31. The van der Waals surface area contributed by atoms with Crippen LogP contribution in [-0.2, 0) is 4.74 Å². The van der Waals surface area contributed by atoms with E-state index in [1.807, 2.05) is 6.07 Å². The Morgan fingerprint density at radius 1 is 1.14 bits per heavy atom. The topological polar surface area (TPSA) is 43.0 Å². The molecule has 2 atom stereocenters. The lowest BCUT2D eigenvalue weighted by Crippen LogP contribution is -2.44. The minimum Gasteiger partial charge on any atom is -0.454 e. The first-order valence-electron chi connectivity index (χ1n) is 9.82. The Morgan fingerprint density at radius 3 is 2.86 bits per heavy atom. The van der Waals surface area contributed by atoms with E-state index >= 15 is 0 Å². The molecule has 0 saturated carbocycles. The van der Waals surface area contributed by atoms with Gasteiger partial charge in [-0.15, -0.1) is 0 Å². The van der Waals surface area contributed by atoms with Crippen LogP contribution in [0.4, 0.5) is 0 Å². The van der Waals surface area contributed by atoms with Gasteiger partial charge >= 0.3 is 0 Å². The van der Waals surface area contributed by atoms with E-state index in [0.29, 0.717) is 25.4 Å². The number of likely N-dealkylation sites (tertiary alicyclic amines) is 1. The van der Waals surface area contributed by atoms with Gasteiger partial charge in [0, 0.05) is 20.2 Å². The molecule has 1 N–H and O–H groups in total. The molecule has 1 saturated heterocycles. The lowest BCUT2D eigenvalue weighted by Gasteiger charge is -2.36. The van der Waals surface area contributed by atoms with E-state index < -0.39 is 0 Å². The van der Waals surface area contributed by atoms with Crippen LogP contribution in [0.3, 0.4) is 0 Å². The van der Waals surface area contributed by atoms with Crippen molar-refractivity contribution in [2.75, 3.05) is 33.6 Å². The number of benzene rings is 2. The SMILES string of the molecule is COCCNC(=S)N1CC[C@@H]2CC1c1cc(-c3ccc4c(c3)OCO4)ccc12. The number of nitrogens with zero attached hydrogens (tertiary/aromatic N) is 1. The third-order valence-corrected chi connectivity index (χ3v) is 6.42.